The molecule has 3 aliphatic rings. The molecule has 2 saturated heterocycles. The number of piperazine rings is 1. The number of rotatable bonds is 5. The Morgan fingerprint density at radius 3 is 2.53 bits per heavy atom. The SMILES string of the molecule is CC(=O)N1CCC(CN2CCN(c3ccc4c(=O)n(CC5CC5)cnc4c3)CC2)C1. The summed E-state index contributed by atoms with van der Waals surface area (Å²) in [7, 11) is 0. The van der Waals surface area contributed by atoms with E-state index in [0.29, 0.717) is 11.8 Å². The third kappa shape index (κ3) is 4.08. The summed E-state index contributed by atoms with van der Waals surface area (Å²) in [6.45, 7) is 9.39. The Hall–Kier alpha value is -2.41. The number of fused-ring (bicyclic) bond motifs is 1. The van der Waals surface area contributed by atoms with Crippen LogP contribution in [-0.2, 0) is 11.3 Å². The van der Waals surface area contributed by atoms with E-state index in [9.17, 15) is 9.59 Å². The molecule has 7 nitrogen and oxygen atoms in total. The van der Waals surface area contributed by atoms with Crippen molar-refractivity contribution < 1.29 is 4.79 Å². The van der Waals surface area contributed by atoms with Crippen molar-refractivity contribution in [2.45, 2.75) is 32.7 Å². The summed E-state index contributed by atoms with van der Waals surface area (Å²) in [5.74, 6) is 1.46. The van der Waals surface area contributed by atoms with Gasteiger partial charge in [0.25, 0.3) is 5.56 Å². The second kappa shape index (κ2) is 8.02. The van der Waals surface area contributed by atoms with Crippen LogP contribution in [0, 0.1) is 11.8 Å². The second-order valence-electron chi connectivity index (χ2n) is 9.25. The number of hydrogen-bond donors (Lipinski definition) is 0. The zero-order chi connectivity index (χ0) is 20.7. The van der Waals surface area contributed by atoms with Gasteiger partial charge in [-0.15, -0.1) is 0 Å². The van der Waals surface area contributed by atoms with E-state index in [-0.39, 0.29) is 11.5 Å². The van der Waals surface area contributed by atoms with E-state index < -0.39 is 0 Å². The van der Waals surface area contributed by atoms with Crippen LogP contribution in [0.4, 0.5) is 5.69 Å². The maximum atomic E-state index is 12.7. The molecule has 0 spiro atoms. The van der Waals surface area contributed by atoms with Crippen molar-refractivity contribution in [1.82, 2.24) is 19.4 Å². The number of anilines is 1. The molecule has 1 atom stereocenters. The normalized spacial score (nSPS) is 22.8. The fourth-order valence-electron chi connectivity index (χ4n) is 4.87. The third-order valence-electron chi connectivity index (χ3n) is 6.95. The smallest absolute Gasteiger partial charge is 0.261 e. The third-order valence-corrected chi connectivity index (χ3v) is 6.95. The second-order valence-corrected chi connectivity index (χ2v) is 9.25. The fraction of sp³-hybridized carbons (Fsp3) is 0.609. The van der Waals surface area contributed by atoms with Gasteiger partial charge in [0.15, 0.2) is 0 Å². The van der Waals surface area contributed by atoms with Crippen LogP contribution in [-0.4, -0.2) is 71.1 Å². The monoisotopic (exact) mass is 409 g/mol. The highest BCUT2D eigenvalue weighted by Gasteiger charge is 2.27. The molecule has 2 aromatic rings. The number of carbonyl (C=O) groups is 1. The van der Waals surface area contributed by atoms with Crippen molar-refractivity contribution in [3.8, 4) is 0 Å². The number of nitrogens with zero attached hydrogens (tertiary/aromatic N) is 5. The number of benzene rings is 1. The lowest BCUT2D eigenvalue weighted by Gasteiger charge is -2.37. The number of hydrogen-bond acceptors (Lipinski definition) is 5. The summed E-state index contributed by atoms with van der Waals surface area (Å²) >= 11 is 0. The van der Waals surface area contributed by atoms with Crippen LogP contribution in [0.5, 0.6) is 0 Å². The Morgan fingerprint density at radius 2 is 1.83 bits per heavy atom. The van der Waals surface area contributed by atoms with Crippen LogP contribution in [0.3, 0.4) is 0 Å². The summed E-state index contributed by atoms with van der Waals surface area (Å²) in [4.78, 5) is 35.7. The molecule has 1 unspecified atom stereocenters. The van der Waals surface area contributed by atoms with Gasteiger partial charge >= 0.3 is 0 Å². The number of amides is 1. The van der Waals surface area contributed by atoms with E-state index in [0.717, 1.165) is 75.4 Å². The molecule has 160 valence electrons. The molecule has 1 amide bonds. The minimum Gasteiger partial charge on any atom is -0.369 e. The molecule has 3 heterocycles. The minimum atomic E-state index is 0.0828. The van der Waals surface area contributed by atoms with Crippen molar-refractivity contribution in [2.75, 3.05) is 50.7 Å². The number of likely N-dealkylation sites (tertiary alicyclic amines) is 1. The van der Waals surface area contributed by atoms with Crippen LogP contribution in [0.15, 0.2) is 29.3 Å². The van der Waals surface area contributed by atoms with Crippen molar-refractivity contribution in [3.05, 3.63) is 34.9 Å². The van der Waals surface area contributed by atoms with Gasteiger partial charge in [-0.05, 0) is 49.3 Å². The molecular weight excluding hydrogens is 378 g/mol. The van der Waals surface area contributed by atoms with Crippen molar-refractivity contribution in [2.24, 2.45) is 11.8 Å². The largest absolute Gasteiger partial charge is 0.369 e. The van der Waals surface area contributed by atoms with E-state index in [1.807, 2.05) is 11.0 Å². The average molecular weight is 410 g/mol. The molecule has 5 rings (SSSR count). The highest BCUT2D eigenvalue weighted by molar-refractivity contribution is 5.81. The molecule has 2 aliphatic heterocycles. The van der Waals surface area contributed by atoms with Crippen LogP contribution in [0.1, 0.15) is 26.2 Å². The van der Waals surface area contributed by atoms with Gasteiger partial charge in [-0.1, -0.05) is 0 Å². The Balaban J connectivity index is 1.20. The van der Waals surface area contributed by atoms with Crippen LogP contribution in [0.25, 0.3) is 10.9 Å². The highest BCUT2D eigenvalue weighted by Crippen LogP contribution is 2.30. The predicted molar refractivity (Wildman–Crippen MR) is 118 cm³/mol. The fourth-order valence-corrected chi connectivity index (χ4v) is 4.87. The van der Waals surface area contributed by atoms with E-state index in [1.165, 1.54) is 12.8 Å². The van der Waals surface area contributed by atoms with E-state index >= 15 is 0 Å². The Kier molecular flexibility index (Phi) is 5.23. The molecule has 0 bridgehead atoms. The van der Waals surface area contributed by atoms with E-state index in [2.05, 4.69) is 26.9 Å². The number of carbonyl (C=O) groups excluding carboxylic acids is 1. The summed E-state index contributed by atoms with van der Waals surface area (Å²) in [5.41, 5.74) is 2.03. The van der Waals surface area contributed by atoms with Gasteiger partial charge in [0, 0.05) is 65.0 Å². The summed E-state index contributed by atoms with van der Waals surface area (Å²) in [6, 6.07) is 6.09. The lowest BCUT2D eigenvalue weighted by atomic mass is 10.1. The van der Waals surface area contributed by atoms with Crippen molar-refractivity contribution >= 4 is 22.5 Å². The molecule has 1 aromatic carbocycles. The lowest BCUT2D eigenvalue weighted by Crippen LogP contribution is -2.48. The first-order chi connectivity index (χ1) is 14.6. The number of aromatic nitrogens is 2. The van der Waals surface area contributed by atoms with Gasteiger partial charge in [-0.2, -0.15) is 0 Å². The van der Waals surface area contributed by atoms with Gasteiger partial charge in [0.05, 0.1) is 17.2 Å². The molecule has 30 heavy (non-hydrogen) atoms. The zero-order valence-corrected chi connectivity index (χ0v) is 17.8. The average Bonchev–Trinajstić information content (AvgIpc) is 3.45. The van der Waals surface area contributed by atoms with Crippen LogP contribution >= 0.6 is 0 Å². The molecule has 1 saturated carbocycles. The molecule has 1 aromatic heterocycles. The zero-order valence-electron chi connectivity index (χ0n) is 17.8. The molecule has 0 N–H and O–H groups in total. The first-order valence-corrected chi connectivity index (χ1v) is 11.3. The molecule has 3 fully saturated rings. The van der Waals surface area contributed by atoms with Gasteiger partial charge in [0.2, 0.25) is 5.91 Å². The highest BCUT2D eigenvalue weighted by atomic mass is 16.2. The van der Waals surface area contributed by atoms with Gasteiger partial charge in [-0.25, -0.2) is 4.98 Å². The molecular formula is C23H31N5O2. The van der Waals surface area contributed by atoms with Crippen molar-refractivity contribution in [1.29, 1.82) is 0 Å². The molecule has 0 radical (unpaired) electrons. The van der Waals surface area contributed by atoms with Crippen LogP contribution < -0.4 is 10.5 Å². The molecule has 1 aliphatic carbocycles. The Bertz CT molecular complexity index is 991. The van der Waals surface area contributed by atoms with Crippen molar-refractivity contribution in [3.63, 3.8) is 0 Å². The predicted octanol–water partition coefficient (Wildman–Crippen LogP) is 1.80. The Morgan fingerprint density at radius 1 is 1.03 bits per heavy atom. The maximum Gasteiger partial charge on any atom is 0.261 e. The quantitative estimate of drug-likeness (QED) is 0.754. The maximum absolute atomic E-state index is 12.7. The van der Waals surface area contributed by atoms with Gasteiger partial charge in [0.1, 0.15) is 0 Å². The summed E-state index contributed by atoms with van der Waals surface area (Å²) in [5, 5.41) is 0.719. The first-order valence-electron chi connectivity index (χ1n) is 11.3. The summed E-state index contributed by atoms with van der Waals surface area (Å²) in [6.07, 6.45) is 5.29. The van der Waals surface area contributed by atoms with Gasteiger partial charge in [-0.3, -0.25) is 19.1 Å². The van der Waals surface area contributed by atoms with Gasteiger partial charge < -0.3 is 9.80 Å². The lowest BCUT2D eigenvalue weighted by molar-refractivity contribution is -0.127. The first kappa shape index (κ1) is 19.5. The topological polar surface area (TPSA) is 61.7 Å². The standard InChI is InChI=1S/C23H31N5O2/c1-17(29)27-7-6-19(15-27)13-25-8-10-26(11-9-25)20-4-5-21-22(12-20)24-16-28(23(21)30)14-18-2-3-18/h4-5,12,16,18-19H,2-3,6-11,13-15H2,1H3. The van der Waals surface area contributed by atoms with Crippen LogP contribution in [0.2, 0.25) is 0 Å². The van der Waals surface area contributed by atoms with E-state index in [4.69, 9.17) is 0 Å². The molecule has 7 heteroatoms. The minimum absolute atomic E-state index is 0.0828. The Labute approximate surface area is 177 Å². The summed E-state index contributed by atoms with van der Waals surface area (Å²) < 4.78 is 1.77. The van der Waals surface area contributed by atoms with E-state index in [1.54, 1.807) is 17.8 Å².